The van der Waals surface area contributed by atoms with Gasteiger partial charge in [0.2, 0.25) is 0 Å². The highest BCUT2D eigenvalue weighted by Crippen LogP contribution is 2.18. The van der Waals surface area contributed by atoms with Gasteiger partial charge in [-0.2, -0.15) is 0 Å². The smallest absolute Gasteiger partial charge is 0.123 e. The van der Waals surface area contributed by atoms with Gasteiger partial charge in [0.15, 0.2) is 0 Å². The average Bonchev–Trinajstić information content (AvgIpc) is 2.36. The van der Waals surface area contributed by atoms with E-state index in [0.29, 0.717) is 5.92 Å². The van der Waals surface area contributed by atoms with E-state index in [1.54, 1.807) is 0 Å². The number of aliphatic hydroxyl groups excluding tert-OH is 1. The second-order valence-electron chi connectivity index (χ2n) is 4.89. The van der Waals surface area contributed by atoms with Gasteiger partial charge < -0.3 is 15.2 Å². The Kier molecular flexibility index (Phi) is 7.46. The molecule has 2 N–H and O–H groups in total. The highest BCUT2D eigenvalue weighted by Gasteiger charge is 2.03. The number of para-hydroxylation sites is 1. The van der Waals surface area contributed by atoms with Gasteiger partial charge in [0.25, 0.3) is 0 Å². The minimum absolute atomic E-state index is 0.236. The summed E-state index contributed by atoms with van der Waals surface area (Å²) < 4.78 is 5.82. The van der Waals surface area contributed by atoms with Crippen LogP contribution in [-0.2, 0) is 6.54 Å². The number of hydrogen-bond acceptors (Lipinski definition) is 3. The molecule has 0 saturated carbocycles. The van der Waals surface area contributed by atoms with Crippen LogP contribution in [0.3, 0.4) is 0 Å². The Morgan fingerprint density at radius 2 is 2.06 bits per heavy atom. The van der Waals surface area contributed by atoms with Crippen LogP contribution >= 0.6 is 0 Å². The lowest BCUT2D eigenvalue weighted by atomic mass is 10.1. The Hall–Kier alpha value is -1.06. The van der Waals surface area contributed by atoms with Crippen molar-refractivity contribution in [2.24, 2.45) is 5.92 Å². The minimum Gasteiger partial charge on any atom is -0.493 e. The van der Waals surface area contributed by atoms with Crippen LogP contribution in [0.1, 0.15) is 32.3 Å². The maximum atomic E-state index is 8.72. The van der Waals surface area contributed by atoms with Gasteiger partial charge in [0.05, 0.1) is 6.61 Å². The summed E-state index contributed by atoms with van der Waals surface area (Å²) in [6.07, 6.45) is 1.86. The van der Waals surface area contributed by atoms with E-state index < -0.39 is 0 Å². The summed E-state index contributed by atoms with van der Waals surface area (Å²) in [4.78, 5) is 0. The van der Waals surface area contributed by atoms with E-state index in [9.17, 15) is 0 Å². The van der Waals surface area contributed by atoms with E-state index in [-0.39, 0.29) is 6.61 Å². The van der Waals surface area contributed by atoms with Crippen LogP contribution in [0.4, 0.5) is 0 Å². The number of aliphatic hydroxyl groups is 1. The first-order chi connectivity index (χ1) is 8.74. The van der Waals surface area contributed by atoms with E-state index in [0.717, 1.165) is 38.3 Å². The van der Waals surface area contributed by atoms with Crippen molar-refractivity contribution in [1.82, 2.24) is 5.32 Å². The number of hydrogen-bond donors (Lipinski definition) is 2. The largest absolute Gasteiger partial charge is 0.493 e. The van der Waals surface area contributed by atoms with Crippen molar-refractivity contribution in [3.63, 3.8) is 0 Å². The van der Waals surface area contributed by atoms with E-state index in [4.69, 9.17) is 9.84 Å². The predicted octanol–water partition coefficient (Wildman–Crippen LogP) is 2.58. The van der Waals surface area contributed by atoms with Crippen LogP contribution in [0, 0.1) is 5.92 Å². The molecule has 1 aromatic rings. The summed E-state index contributed by atoms with van der Waals surface area (Å²) in [5.74, 6) is 1.63. The fourth-order valence-electron chi connectivity index (χ4n) is 1.62. The van der Waals surface area contributed by atoms with Crippen LogP contribution in [0.15, 0.2) is 24.3 Å². The molecule has 0 amide bonds. The predicted molar refractivity (Wildman–Crippen MR) is 74.8 cm³/mol. The van der Waals surface area contributed by atoms with Crippen molar-refractivity contribution in [3.8, 4) is 5.75 Å². The highest BCUT2D eigenvalue weighted by atomic mass is 16.5. The molecule has 0 saturated heterocycles. The summed E-state index contributed by atoms with van der Waals surface area (Å²) in [5, 5.41) is 12.0. The van der Waals surface area contributed by atoms with E-state index >= 15 is 0 Å². The second kappa shape index (κ2) is 8.95. The lowest BCUT2D eigenvalue weighted by Crippen LogP contribution is -2.16. The molecule has 0 radical (unpaired) electrons. The third-order valence-electron chi connectivity index (χ3n) is 2.75. The van der Waals surface area contributed by atoms with Crippen molar-refractivity contribution in [3.05, 3.63) is 29.8 Å². The van der Waals surface area contributed by atoms with Crippen LogP contribution in [0.5, 0.6) is 5.75 Å². The third kappa shape index (κ3) is 6.03. The quantitative estimate of drug-likeness (QED) is 0.663. The zero-order valence-corrected chi connectivity index (χ0v) is 11.5. The van der Waals surface area contributed by atoms with Crippen molar-refractivity contribution in [2.45, 2.75) is 33.2 Å². The molecule has 0 unspecified atom stereocenters. The standard InChI is InChI=1S/C15H25NO2/c1-13(2)8-11-18-15-7-4-3-6-14(15)12-16-9-5-10-17/h3-4,6-7,13,16-17H,5,8-12H2,1-2H3. The number of nitrogens with one attached hydrogen (secondary N) is 1. The molecular formula is C15H25NO2. The van der Waals surface area contributed by atoms with Gasteiger partial charge in [-0.05, 0) is 31.4 Å². The Morgan fingerprint density at radius 3 is 2.78 bits per heavy atom. The molecule has 0 aromatic heterocycles. The van der Waals surface area contributed by atoms with Crippen molar-refractivity contribution in [1.29, 1.82) is 0 Å². The van der Waals surface area contributed by atoms with Crippen molar-refractivity contribution >= 4 is 0 Å². The summed E-state index contributed by atoms with van der Waals surface area (Å²) in [5.41, 5.74) is 1.18. The zero-order chi connectivity index (χ0) is 13.2. The molecule has 0 aliphatic heterocycles. The molecule has 0 spiro atoms. The monoisotopic (exact) mass is 251 g/mol. The molecule has 0 bridgehead atoms. The molecule has 18 heavy (non-hydrogen) atoms. The number of ether oxygens (including phenoxy) is 1. The Balaban J connectivity index is 2.40. The lowest BCUT2D eigenvalue weighted by Gasteiger charge is -2.13. The Morgan fingerprint density at radius 1 is 1.28 bits per heavy atom. The molecule has 0 heterocycles. The Bertz CT molecular complexity index is 326. The van der Waals surface area contributed by atoms with E-state index in [1.807, 2.05) is 18.2 Å². The first kappa shape index (κ1) is 15.0. The molecule has 0 aliphatic carbocycles. The first-order valence-electron chi connectivity index (χ1n) is 6.76. The third-order valence-corrected chi connectivity index (χ3v) is 2.75. The van der Waals surface area contributed by atoms with Gasteiger partial charge >= 0.3 is 0 Å². The molecule has 0 atom stereocenters. The van der Waals surface area contributed by atoms with Crippen LogP contribution < -0.4 is 10.1 Å². The minimum atomic E-state index is 0.236. The van der Waals surface area contributed by atoms with Gasteiger partial charge in [-0.1, -0.05) is 32.0 Å². The van der Waals surface area contributed by atoms with Gasteiger partial charge in [0.1, 0.15) is 5.75 Å². The summed E-state index contributed by atoms with van der Waals surface area (Å²) in [6, 6.07) is 8.13. The van der Waals surface area contributed by atoms with Crippen LogP contribution in [0.25, 0.3) is 0 Å². The molecule has 0 aliphatic rings. The van der Waals surface area contributed by atoms with Crippen molar-refractivity contribution < 1.29 is 9.84 Å². The van der Waals surface area contributed by atoms with E-state index in [1.165, 1.54) is 5.56 Å². The maximum Gasteiger partial charge on any atom is 0.123 e. The topological polar surface area (TPSA) is 41.5 Å². The Labute approximate surface area is 110 Å². The van der Waals surface area contributed by atoms with Crippen LogP contribution in [-0.4, -0.2) is 24.9 Å². The molecule has 1 aromatic carbocycles. The second-order valence-corrected chi connectivity index (χ2v) is 4.89. The van der Waals surface area contributed by atoms with Gasteiger partial charge in [-0.25, -0.2) is 0 Å². The molecule has 3 heteroatoms. The summed E-state index contributed by atoms with van der Waals surface area (Å²) in [6.45, 7) is 7.02. The normalized spacial score (nSPS) is 10.9. The number of benzene rings is 1. The SMILES string of the molecule is CC(C)CCOc1ccccc1CNCCCO. The lowest BCUT2D eigenvalue weighted by molar-refractivity contribution is 0.282. The summed E-state index contributed by atoms with van der Waals surface area (Å²) in [7, 11) is 0. The average molecular weight is 251 g/mol. The fourth-order valence-corrected chi connectivity index (χ4v) is 1.62. The van der Waals surface area contributed by atoms with E-state index in [2.05, 4.69) is 25.2 Å². The molecule has 102 valence electrons. The number of rotatable bonds is 9. The fraction of sp³-hybridized carbons (Fsp3) is 0.600. The van der Waals surface area contributed by atoms with Gasteiger partial charge in [-0.15, -0.1) is 0 Å². The molecule has 0 fully saturated rings. The zero-order valence-electron chi connectivity index (χ0n) is 11.5. The van der Waals surface area contributed by atoms with Crippen molar-refractivity contribution in [2.75, 3.05) is 19.8 Å². The summed E-state index contributed by atoms with van der Waals surface area (Å²) >= 11 is 0. The maximum absolute atomic E-state index is 8.72. The molecule has 1 rings (SSSR count). The van der Waals surface area contributed by atoms with Gasteiger partial charge in [0, 0.05) is 18.7 Å². The molecule has 3 nitrogen and oxygen atoms in total. The first-order valence-corrected chi connectivity index (χ1v) is 6.76. The van der Waals surface area contributed by atoms with Crippen LogP contribution in [0.2, 0.25) is 0 Å². The van der Waals surface area contributed by atoms with Gasteiger partial charge in [-0.3, -0.25) is 0 Å². The molecular weight excluding hydrogens is 226 g/mol. The highest BCUT2D eigenvalue weighted by molar-refractivity contribution is 5.33.